The molecule has 3 rings (SSSR count). The van der Waals surface area contributed by atoms with Crippen LogP contribution in [0.3, 0.4) is 0 Å². The van der Waals surface area contributed by atoms with Crippen molar-refractivity contribution in [3.63, 3.8) is 0 Å². The lowest BCUT2D eigenvalue weighted by molar-refractivity contribution is -0.141. The van der Waals surface area contributed by atoms with Crippen molar-refractivity contribution in [3.05, 3.63) is 99.2 Å². The van der Waals surface area contributed by atoms with E-state index in [1.54, 1.807) is 37.3 Å². The minimum atomic E-state index is -0.996. The number of amides is 1. The predicted molar refractivity (Wildman–Crippen MR) is 132 cm³/mol. The van der Waals surface area contributed by atoms with Gasteiger partial charge in [0.25, 0.3) is 5.91 Å². The standard InChI is InChI=1S/C26H23Cl2NO5/c1-15(29-25(31)21-5-4-6-22(33-3)24(21)30)26(32)34-16(2)23(17-7-11-19(27)12-8-17)18-9-13-20(28)14-10-18/h4-15,30H,1-3H3,(H,29,31)/t15-/m0/s1. The fourth-order valence-electron chi connectivity index (χ4n) is 3.30. The molecule has 0 bridgehead atoms. The Balaban J connectivity index is 1.84. The molecule has 0 unspecified atom stereocenters. The first kappa shape index (κ1) is 25.1. The van der Waals surface area contributed by atoms with Crippen LogP contribution in [-0.2, 0) is 9.53 Å². The van der Waals surface area contributed by atoms with Gasteiger partial charge in [0, 0.05) is 15.6 Å². The molecule has 8 heteroatoms. The van der Waals surface area contributed by atoms with Crippen LogP contribution in [-0.4, -0.2) is 30.1 Å². The molecule has 1 amide bonds. The van der Waals surface area contributed by atoms with Crippen LogP contribution < -0.4 is 10.1 Å². The molecular formula is C26H23Cl2NO5. The summed E-state index contributed by atoms with van der Waals surface area (Å²) in [6.07, 6.45) is 0. The van der Waals surface area contributed by atoms with Crippen molar-refractivity contribution in [3.8, 4) is 11.5 Å². The Labute approximate surface area is 207 Å². The predicted octanol–water partition coefficient (Wildman–Crippen LogP) is 5.85. The molecular weight excluding hydrogens is 477 g/mol. The number of nitrogens with one attached hydrogen (secondary N) is 1. The van der Waals surface area contributed by atoms with Crippen molar-refractivity contribution in [2.45, 2.75) is 19.9 Å². The van der Waals surface area contributed by atoms with Crippen molar-refractivity contribution in [1.29, 1.82) is 0 Å². The zero-order valence-corrected chi connectivity index (χ0v) is 20.3. The van der Waals surface area contributed by atoms with Gasteiger partial charge in [-0.25, -0.2) is 4.79 Å². The number of aromatic hydroxyl groups is 1. The lowest BCUT2D eigenvalue weighted by atomic mass is 9.97. The Hall–Kier alpha value is -3.48. The first-order valence-corrected chi connectivity index (χ1v) is 11.1. The van der Waals surface area contributed by atoms with Crippen LogP contribution in [0, 0.1) is 0 Å². The molecule has 0 heterocycles. The van der Waals surface area contributed by atoms with E-state index in [4.69, 9.17) is 32.7 Å². The largest absolute Gasteiger partial charge is 0.504 e. The van der Waals surface area contributed by atoms with E-state index in [9.17, 15) is 14.7 Å². The Kier molecular flexibility index (Phi) is 8.21. The second kappa shape index (κ2) is 11.1. The highest BCUT2D eigenvalue weighted by Gasteiger charge is 2.23. The Bertz CT molecular complexity index is 1170. The lowest BCUT2D eigenvalue weighted by Crippen LogP contribution is -2.39. The van der Waals surface area contributed by atoms with Crippen LogP contribution in [0.5, 0.6) is 11.5 Å². The minimum absolute atomic E-state index is 0.0192. The van der Waals surface area contributed by atoms with Gasteiger partial charge >= 0.3 is 5.97 Å². The van der Waals surface area contributed by atoms with Crippen LogP contribution >= 0.6 is 23.2 Å². The number of halogens is 2. The molecule has 0 saturated carbocycles. The van der Waals surface area contributed by atoms with Gasteiger partial charge in [0.05, 0.1) is 12.7 Å². The maximum Gasteiger partial charge on any atom is 0.333 e. The highest BCUT2D eigenvalue weighted by atomic mass is 35.5. The molecule has 0 saturated heterocycles. The van der Waals surface area contributed by atoms with Crippen LogP contribution in [0.1, 0.15) is 35.3 Å². The van der Waals surface area contributed by atoms with Gasteiger partial charge in [0.15, 0.2) is 11.5 Å². The van der Waals surface area contributed by atoms with E-state index >= 15 is 0 Å². The Morgan fingerprint density at radius 1 is 0.912 bits per heavy atom. The second-order valence-corrected chi connectivity index (χ2v) is 8.29. The summed E-state index contributed by atoms with van der Waals surface area (Å²) in [5.74, 6) is -1.14. The first-order chi connectivity index (χ1) is 16.2. The summed E-state index contributed by atoms with van der Waals surface area (Å²) in [4.78, 5) is 25.4. The molecule has 0 aromatic heterocycles. The van der Waals surface area contributed by atoms with E-state index in [1.807, 2.05) is 24.3 Å². The molecule has 0 radical (unpaired) electrons. The number of benzene rings is 3. The second-order valence-electron chi connectivity index (χ2n) is 7.42. The van der Waals surface area contributed by atoms with Gasteiger partial charge in [-0.3, -0.25) is 4.79 Å². The molecule has 3 aromatic carbocycles. The summed E-state index contributed by atoms with van der Waals surface area (Å²) in [6.45, 7) is 3.16. The monoisotopic (exact) mass is 499 g/mol. The number of para-hydroxylation sites is 1. The van der Waals surface area contributed by atoms with Crippen molar-refractivity contribution < 1.29 is 24.2 Å². The van der Waals surface area contributed by atoms with E-state index in [0.717, 1.165) is 11.1 Å². The van der Waals surface area contributed by atoms with Crippen molar-refractivity contribution in [1.82, 2.24) is 5.32 Å². The van der Waals surface area contributed by atoms with Gasteiger partial charge in [0.1, 0.15) is 11.8 Å². The smallest absolute Gasteiger partial charge is 0.333 e. The number of esters is 1. The molecule has 0 aliphatic carbocycles. The molecule has 2 N–H and O–H groups in total. The fourth-order valence-corrected chi connectivity index (χ4v) is 3.55. The highest BCUT2D eigenvalue weighted by Crippen LogP contribution is 2.31. The molecule has 0 spiro atoms. The zero-order chi connectivity index (χ0) is 24.8. The van der Waals surface area contributed by atoms with Gasteiger partial charge < -0.3 is 19.9 Å². The lowest BCUT2D eigenvalue weighted by Gasteiger charge is -2.17. The van der Waals surface area contributed by atoms with E-state index in [0.29, 0.717) is 21.4 Å². The summed E-state index contributed by atoms with van der Waals surface area (Å²) >= 11 is 12.1. The van der Waals surface area contributed by atoms with E-state index < -0.39 is 17.9 Å². The molecule has 0 aliphatic heterocycles. The van der Waals surface area contributed by atoms with Gasteiger partial charge in [0.2, 0.25) is 0 Å². The third-order valence-electron chi connectivity index (χ3n) is 5.04. The van der Waals surface area contributed by atoms with E-state index in [2.05, 4.69) is 5.32 Å². The summed E-state index contributed by atoms with van der Waals surface area (Å²) in [5.41, 5.74) is 2.23. The van der Waals surface area contributed by atoms with Crippen LogP contribution in [0.25, 0.3) is 5.57 Å². The summed E-state index contributed by atoms with van der Waals surface area (Å²) in [6, 6.07) is 17.8. The molecule has 3 aromatic rings. The number of carbonyl (C=O) groups is 2. The fraction of sp³-hybridized carbons (Fsp3) is 0.154. The van der Waals surface area contributed by atoms with Gasteiger partial charge in [-0.15, -0.1) is 0 Å². The van der Waals surface area contributed by atoms with Crippen LogP contribution in [0.2, 0.25) is 10.0 Å². The average Bonchev–Trinajstić information content (AvgIpc) is 2.81. The number of allylic oxidation sites excluding steroid dienone is 1. The normalized spacial score (nSPS) is 11.3. The van der Waals surface area contributed by atoms with Crippen LogP contribution in [0.4, 0.5) is 0 Å². The number of phenols is 1. The summed E-state index contributed by atoms with van der Waals surface area (Å²) in [7, 11) is 1.38. The van der Waals surface area contributed by atoms with Gasteiger partial charge in [-0.1, -0.05) is 53.5 Å². The molecule has 6 nitrogen and oxygen atoms in total. The number of hydrogen-bond donors (Lipinski definition) is 2. The van der Waals surface area contributed by atoms with Crippen molar-refractivity contribution in [2.75, 3.05) is 7.11 Å². The maximum atomic E-state index is 12.8. The number of methoxy groups -OCH3 is 1. The molecule has 34 heavy (non-hydrogen) atoms. The van der Waals surface area contributed by atoms with Crippen LogP contribution in [0.15, 0.2) is 72.5 Å². The van der Waals surface area contributed by atoms with Crippen molar-refractivity contribution in [2.24, 2.45) is 0 Å². The quantitative estimate of drug-likeness (QED) is 0.314. The minimum Gasteiger partial charge on any atom is -0.504 e. The topological polar surface area (TPSA) is 84.9 Å². The number of hydrogen-bond acceptors (Lipinski definition) is 5. The van der Waals surface area contributed by atoms with Crippen molar-refractivity contribution >= 4 is 40.7 Å². The number of phenolic OH excluding ortho intramolecular Hbond substituents is 1. The van der Waals surface area contributed by atoms with E-state index in [1.165, 1.54) is 26.2 Å². The molecule has 0 aliphatic rings. The summed E-state index contributed by atoms with van der Waals surface area (Å²) < 4.78 is 10.7. The third kappa shape index (κ3) is 5.90. The number of carbonyl (C=O) groups excluding carboxylic acids is 2. The Morgan fingerprint density at radius 2 is 1.44 bits per heavy atom. The highest BCUT2D eigenvalue weighted by molar-refractivity contribution is 6.31. The Morgan fingerprint density at radius 3 is 1.94 bits per heavy atom. The van der Waals surface area contributed by atoms with E-state index in [-0.39, 0.29) is 17.1 Å². The molecule has 1 atom stereocenters. The number of rotatable bonds is 7. The SMILES string of the molecule is COc1cccc(C(=O)N[C@@H](C)C(=O)OC(C)=C(c2ccc(Cl)cc2)c2ccc(Cl)cc2)c1O. The van der Waals surface area contributed by atoms with Gasteiger partial charge in [-0.05, 0) is 61.4 Å². The first-order valence-electron chi connectivity index (χ1n) is 10.3. The molecule has 176 valence electrons. The summed E-state index contributed by atoms with van der Waals surface area (Å²) in [5, 5.41) is 13.9. The molecule has 0 fully saturated rings. The zero-order valence-electron chi connectivity index (χ0n) is 18.8. The maximum absolute atomic E-state index is 12.8. The average molecular weight is 500 g/mol. The third-order valence-corrected chi connectivity index (χ3v) is 5.54. The van der Waals surface area contributed by atoms with Gasteiger partial charge in [-0.2, -0.15) is 0 Å². The number of ether oxygens (including phenoxy) is 2.